The molecule has 0 saturated carbocycles. The molecule has 0 spiro atoms. The van der Waals surface area contributed by atoms with E-state index >= 15 is 0 Å². The fourth-order valence-corrected chi connectivity index (χ4v) is 2.37. The molecule has 1 saturated heterocycles. The number of nitrogens with one attached hydrogen (secondary N) is 2. The van der Waals surface area contributed by atoms with Crippen LogP contribution in [0.5, 0.6) is 5.75 Å². The van der Waals surface area contributed by atoms with Crippen LogP contribution in [0.4, 0.5) is 5.69 Å². The summed E-state index contributed by atoms with van der Waals surface area (Å²) in [6.07, 6.45) is 3.90. The van der Waals surface area contributed by atoms with Gasteiger partial charge in [0.2, 0.25) is 0 Å². The maximum atomic E-state index is 5.21. The van der Waals surface area contributed by atoms with Gasteiger partial charge in [-0.1, -0.05) is 12.5 Å². The summed E-state index contributed by atoms with van der Waals surface area (Å²) in [5.41, 5.74) is 1.13. The number of hydrogen-bond donors (Lipinski definition) is 2. The molecule has 17 heavy (non-hydrogen) atoms. The summed E-state index contributed by atoms with van der Waals surface area (Å²) in [6, 6.07) is 9.33. The molecule has 0 amide bonds. The van der Waals surface area contributed by atoms with Crippen LogP contribution in [-0.4, -0.2) is 25.7 Å². The molecular formula is C14H22N2O. The van der Waals surface area contributed by atoms with Crippen molar-refractivity contribution < 1.29 is 4.74 Å². The summed E-state index contributed by atoms with van der Waals surface area (Å²) in [5, 5.41) is 7.09. The molecule has 1 aliphatic rings. The standard InChI is InChI=1S/C14H22N2O/c1-11-5-3-7-13(16-11)10-15-12-6-4-8-14(9-12)17-2/h4,6,8-9,11,13,15-16H,3,5,7,10H2,1-2H3. The van der Waals surface area contributed by atoms with Crippen LogP contribution in [0.1, 0.15) is 26.2 Å². The summed E-state index contributed by atoms with van der Waals surface area (Å²) in [7, 11) is 1.70. The summed E-state index contributed by atoms with van der Waals surface area (Å²) in [4.78, 5) is 0. The van der Waals surface area contributed by atoms with Crippen molar-refractivity contribution in [1.29, 1.82) is 0 Å². The molecule has 1 aliphatic heterocycles. The lowest BCUT2D eigenvalue weighted by Gasteiger charge is -2.29. The van der Waals surface area contributed by atoms with Crippen LogP contribution in [0, 0.1) is 0 Å². The summed E-state index contributed by atoms with van der Waals surface area (Å²) in [5.74, 6) is 0.903. The van der Waals surface area contributed by atoms with Crippen LogP contribution in [0.3, 0.4) is 0 Å². The first-order chi connectivity index (χ1) is 8.28. The summed E-state index contributed by atoms with van der Waals surface area (Å²) in [6.45, 7) is 3.25. The SMILES string of the molecule is COc1cccc(NCC2CCCC(C)N2)c1. The van der Waals surface area contributed by atoms with Gasteiger partial charge in [-0.15, -0.1) is 0 Å². The first-order valence-corrected chi connectivity index (χ1v) is 6.42. The van der Waals surface area contributed by atoms with E-state index in [4.69, 9.17) is 4.74 Å². The molecule has 1 aromatic rings. The molecule has 1 aromatic carbocycles. The first kappa shape index (κ1) is 12.2. The van der Waals surface area contributed by atoms with Crippen molar-refractivity contribution in [3.05, 3.63) is 24.3 Å². The molecule has 94 valence electrons. The van der Waals surface area contributed by atoms with Crippen LogP contribution in [-0.2, 0) is 0 Å². The molecule has 0 bridgehead atoms. The Labute approximate surface area is 104 Å². The fourth-order valence-electron chi connectivity index (χ4n) is 2.37. The second-order valence-corrected chi connectivity index (χ2v) is 4.81. The molecule has 0 radical (unpaired) electrons. The summed E-state index contributed by atoms with van der Waals surface area (Å²) >= 11 is 0. The van der Waals surface area contributed by atoms with E-state index in [1.54, 1.807) is 7.11 Å². The molecule has 2 N–H and O–H groups in total. The molecule has 1 heterocycles. The van der Waals surface area contributed by atoms with E-state index in [1.807, 2.05) is 18.2 Å². The van der Waals surface area contributed by atoms with E-state index in [9.17, 15) is 0 Å². The van der Waals surface area contributed by atoms with Gasteiger partial charge in [0.1, 0.15) is 5.75 Å². The number of hydrogen-bond acceptors (Lipinski definition) is 3. The average molecular weight is 234 g/mol. The first-order valence-electron chi connectivity index (χ1n) is 6.42. The lowest BCUT2D eigenvalue weighted by molar-refractivity contribution is 0.345. The predicted molar refractivity (Wildman–Crippen MR) is 71.7 cm³/mol. The number of piperidine rings is 1. The van der Waals surface area contributed by atoms with Gasteiger partial charge >= 0.3 is 0 Å². The zero-order chi connectivity index (χ0) is 12.1. The van der Waals surface area contributed by atoms with Gasteiger partial charge in [-0.2, -0.15) is 0 Å². The minimum Gasteiger partial charge on any atom is -0.497 e. The zero-order valence-corrected chi connectivity index (χ0v) is 10.7. The highest BCUT2D eigenvalue weighted by molar-refractivity contribution is 5.48. The lowest BCUT2D eigenvalue weighted by Crippen LogP contribution is -2.44. The Morgan fingerprint density at radius 1 is 1.41 bits per heavy atom. The van der Waals surface area contributed by atoms with Gasteiger partial charge in [0.25, 0.3) is 0 Å². The Hall–Kier alpha value is -1.22. The smallest absolute Gasteiger partial charge is 0.120 e. The van der Waals surface area contributed by atoms with E-state index in [-0.39, 0.29) is 0 Å². The number of anilines is 1. The van der Waals surface area contributed by atoms with Crippen molar-refractivity contribution in [3.63, 3.8) is 0 Å². The average Bonchev–Trinajstić information content (AvgIpc) is 2.37. The van der Waals surface area contributed by atoms with E-state index in [0.29, 0.717) is 12.1 Å². The van der Waals surface area contributed by atoms with Gasteiger partial charge in [0.05, 0.1) is 7.11 Å². The third-order valence-corrected chi connectivity index (χ3v) is 3.33. The van der Waals surface area contributed by atoms with Gasteiger partial charge in [-0.3, -0.25) is 0 Å². The van der Waals surface area contributed by atoms with Gasteiger partial charge in [0.15, 0.2) is 0 Å². The van der Waals surface area contributed by atoms with E-state index < -0.39 is 0 Å². The second kappa shape index (κ2) is 5.92. The Kier molecular flexibility index (Phi) is 4.26. The monoisotopic (exact) mass is 234 g/mol. The molecule has 0 aromatic heterocycles. The normalized spacial score (nSPS) is 24.4. The highest BCUT2D eigenvalue weighted by Crippen LogP contribution is 2.18. The molecular weight excluding hydrogens is 212 g/mol. The minimum absolute atomic E-state index is 0.588. The number of rotatable bonds is 4. The van der Waals surface area contributed by atoms with E-state index in [1.165, 1.54) is 19.3 Å². The zero-order valence-electron chi connectivity index (χ0n) is 10.7. The van der Waals surface area contributed by atoms with Crippen LogP contribution in [0.2, 0.25) is 0 Å². The molecule has 1 fully saturated rings. The fraction of sp³-hybridized carbons (Fsp3) is 0.571. The third kappa shape index (κ3) is 3.63. The molecule has 2 unspecified atom stereocenters. The quantitative estimate of drug-likeness (QED) is 0.840. The molecule has 2 atom stereocenters. The lowest BCUT2D eigenvalue weighted by atomic mass is 9.99. The molecule has 3 nitrogen and oxygen atoms in total. The number of benzene rings is 1. The van der Waals surface area contributed by atoms with Crippen molar-refractivity contribution in [2.24, 2.45) is 0 Å². The Bertz CT molecular complexity index is 354. The molecule has 0 aliphatic carbocycles. The van der Waals surface area contributed by atoms with E-state index in [0.717, 1.165) is 18.0 Å². The largest absolute Gasteiger partial charge is 0.497 e. The predicted octanol–water partition coefficient (Wildman–Crippen LogP) is 2.64. The molecule has 2 rings (SSSR count). The third-order valence-electron chi connectivity index (χ3n) is 3.33. The van der Waals surface area contributed by atoms with Gasteiger partial charge in [0, 0.05) is 30.4 Å². The number of ether oxygens (including phenoxy) is 1. The van der Waals surface area contributed by atoms with Gasteiger partial charge in [-0.25, -0.2) is 0 Å². The maximum absolute atomic E-state index is 5.21. The van der Waals surface area contributed by atoms with Gasteiger partial charge < -0.3 is 15.4 Å². The van der Waals surface area contributed by atoms with Crippen LogP contribution >= 0.6 is 0 Å². The molecule has 3 heteroatoms. The minimum atomic E-state index is 0.588. The van der Waals surface area contributed by atoms with Gasteiger partial charge in [-0.05, 0) is 31.9 Å². The highest BCUT2D eigenvalue weighted by Gasteiger charge is 2.16. The summed E-state index contributed by atoms with van der Waals surface area (Å²) < 4.78 is 5.21. The Morgan fingerprint density at radius 3 is 3.06 bits per heavy atom. The highest BCUT2D eigenvalue weighted by atomic mass is 16.5. The Morgan fingerprint density at radius 2 is 2.29 bits per heavy atom. The van der Waals surface area contributed by atoms with Crippen molar-refractivity contribution >= 4 is 5.69 Å². The Balaban J connectivity index is 1.84. The van der Waals surface area contributed by atoms with Crippen molar-refractivity contribution in [3.8, 4) is 5.75 Å². The van der Waals surface area contributed by atoms with Crippen molar-refractivity contribution in [1.82, 2.24) is 5.32 Å². The maximum Gasteiger partial charge on any atom is 0.120 e. The van der Waals surface area contributed by atoms with Crippen LogP contribution in [0.15, 0.2) is 24.3 Å². The van der Waals surface area contributed by atoms with Crippen LogP contribution in [0.25, 0.3) is 0 Å². The van der Waals surface area contributed by atoms with Crippen molar-refractivity contribution in [2.45, 2.75) is 38.3 Å². The van der Waals surface area contributed by atoms with Crippen LogP contribution < -0.4 is 15.4 Å². The van der Waals surface area contributed by atoms with E-state index in [2.05, 4.69) is 23.6 Å². The second-order valence-electron chi connectivity index (χ2n) is 4.81. The topological polar surface area (TPSA) is 33.3 Å². The van der Waals surface area contributed by atoms with Crippen molar-refractivity contribution in [2.75, 3.05) is 19.0 Å². The number of methoxy groups -OCH3 is 1.